The number of aryl methyl sites for hydroxylation is 2. The number of nitrogens with one attached hydrogen (secondary N) is 1. The minimum absolute atomic E-state index is 0.0739. The Bertz CT molecular complexity index is 1140. The van der Waals surface area contributed by atoms with Crippen LogP contribution >= 0.6 is 11.3 Å². The Morgan fingerprint density at radius 1 is 1.17 bits per heavy atom. The number of hydrogen-bond donors (Lipinski definition) is 1. The first kappa shape index (κ1) is 19.6. The quantitative estimate of drug-likeness (QED) is 0.662. The molecule has 0 aliphatic carbocycles. The van der Waals surface area contributed by atoms with E-state index in [-0.39, 0.29) is 22.5 Å². The Hall–Kier alpha value is -2.72. The molecule has 1 N–H and O–H groups in total. The molecule has 3 heterocycles. The zero-order chi connectivity index (χ0) is 20.6. The second kappa shape index (κ2) is 7.60. The first-order valence-electron chi connectivity index (χ1n) is 9.17. The molecule has 2 aromatic heterocycles. The number of benzene rings is 1. The molecule has 1 aliphatic heterocycles. The monoisotopic (exact) mass is 432 g/mol. The van der Waals surface area contributed by atoms with Gasteiger partial charge in [0.2, 0.25) is 5.82 Å². The third kappa shape index (κ3) is 4.03. The van der Waals surface area contributed by atoms with Gasteiger partial charge in [0.1, 0.15) is 4.90 Å². The molecular formula is C19H20N4O4S2. The summed E-state index contributed by atoms with van der Waals surface area (Å²) in [6.45, 7) is 5.01. The van der Waals surface area contributed by atoms with Crippen LogP contribution in [0.15, 0.2) is 39.8 Å². The Labute approximate surface area is 172 Å². The molecule has 3 aromatic rings. The summed E-state index contributed by atoms with van der Waals surface area (Å²) >= 11 is 1.24. The van der Waals surface area contributed by atoms with Gasteiger partial charge in [0, 0.05) is 23.7 Å². The number of thiophene rings is 1. The molecule has 10 heteroatoms. The first-order chi connectivity index (χ1) is 13.8. The fourth-order valence-electron chi connectivity index (χ4n) is 3.14. The Balaban J connectivity index is 1.57. The van der Waals surface area contributed by atoms with Crippen LogP contribution in [0, 0.1) is 13.8 Å². The SMILES string of the molecule is Cc1ccc(NS(=O)(=O)c2cc(-c3noc(C(=O)N4CCCC4)n3)sc2C)cc1. The van der Waals surface area contributed by atoms with Gasteiger partial charge in [-0.1, -0.05) is 22.9 Å². The van der Waals surface area contributed by atoms with Crippen molar-refractivity contribution in [2.75, 3.05) is 17.8 Å². The molecule has 1 aromatic carbocycles. The molecule has 0 atom stereocenters. The smallest absolute Gasteiger partial charge is 0.316 e. The van der Waals surface area contributed by atoms with Gasteiger partial charge in [-0.3, -0.25) is 9.52 Å². The second-order valence-corrected chi connectivity index (χ2v) is 9.83. The molecule has 8 nitrogen and oxygen atoms in total. The van der Waals surface area contributed by atoms with Crippen LogP contribution in [0.4, 0.5) is 5.69 Å². The lowest BCUT2D eigenvalue weighted by Crippen LogP contribution is -2.27. The van der Waals surface area contributed by atoms with Crippen LogP contribution in [0.1, 0.15) is 34.0 Å². The number of nitrogens with zero attached hydrogens (tertiary/aromatic N) is 3. The maximum Gasteiger partial charge on any atom is 0.316 e. The van der Waals surface area contributed by atoms with E-state index in [1.54, 1.807) is 24.0 Å². The van der Waals surface area contributed by atoms with Crippen LogP contribution in [-0.4, -0.2) is 42.5 Å². The lowest BCUT2D eigenvalue weighted by Gasteiger charge is -2.10. The summed E-state index contributed by atoms with van der Waals surface area (Å²) in [6, 6.07) is 8.60. The highest BCUT2D eigenvalue weighted by Crippen LogP contribution is 2.33. The highest BCUT2D eigenvalue weighted by atomic mass is 32.2. The third-order valence-electron chi connectivity index (χ3n) is 4.69. The van der Waals surface area contributed by atoms with E-state index in [1.165, 1.54) is 17.4 Å². The van der Waals surface area contributed by atoms with Crippen molar-refractivity contribution in [3.05, 3.63) is 46.7 Å². The number of aromatic nitrogens is 2. The van der Waals surface area contributed by atoms with Gasteiger partial charge in [-0.05, 0) is 44.9 Å². The summed E-state index contributed by atoms with van der Waals surface area (Å²) in [5.41, 5.74) is 1.53. The maximum absolute atomic E-state index is 12.8. The summed E-state index contributed by atoms with van der Waals surface area (Å²) in [5, 5.41) is 3.87. The molecule has 1 saturated heterocycles. The number of likely N-dealkylation sites (tertiary alicyclic amines) is 1. The number of anilines is 1. The molecule has 0 unspecified atom stereocenters. The minimum Gasteiger partial charge on any atom is -0.334 e. The molecule has 0 radical (unpaired) electrons. The number of amides is 1. The van der Waals surface area contributed by atoms with Gasteiger partial charge >= 0.3 is 11.8 Å². The van der Waals surface area contributed by atoms with Gasteiger partial charge in [0.05, 0.1) is 4.88 Å². The van der Waals surface area contributed by atoms with Crippen LogP contribution in [0.5, 0.6) is 0 Å². The van der Waals surface area contributed by atoms with Gasteiger partial charge in [-0.15, -0.1) is 11.3 Å². The van der Waals surface area contributed by atoms with Gasteiger partial charge in [0.25, 0.3) is 10.0 Å². The number of carbonyl (C=O) groups is 1. The van der Waals surface area contributed by atoms with E-state index in [2.05, 4.69) is 14.9 Å². The molecule has 0 saturated carbocycles. The number of sulfonamides is 1. The largest absolute Gasteiger partial charge is 0.334 e. The predicted molar refractivity (Wildman–Crippen MR) is 109 cm³/mol. The number of hydrogen-bond acceptors (Lipinski definition) is 7. The maximum atomic E-state index is 12.8. The van der Waals surface area contributed by atoms with Crippen molar-refractivity contribution in [2.24, 2.45) is 0 Å². The third-order valence-corrected chi connectivity index (χ3v) is 7.37. The van der Waals surface area contributed by atoms with Crippen LogP contribution in [0.25, 0.3) is 10.7 Å². The van der Waals surface area contributed by atoms with Crippen LogP contribution in [0.2, 0.25) is 0 Å². The Morgan fingerprint density at radius 2 is 1.86 bits per heavy atom. The van der Waals surface area contributed by atoms with Crippen molar-refractivity contribution < 1.29 is 17.7 Å². The highest BCUT2D eigenvalue weighted by molar-refractivity contribution is 7.93. The van der Waals surface area contributed by atoms with Crippen molar-refractivity contribution in [2.45, 2.75) is 31.6 Å². The average molecular weight is 433 g/mol. The molecule has 0 bridgehead atoms. The van der Waals surface area contributed by atoms with Crippen LogP contribution in [0.3, 0.4) is 0 Å². The van der Waals surface area contributed by atoms with E-state index in [1.807, 2.05) is 19.1 Å². The second-order valence-electron chi connectivity index (χ2n) is 6.93. The fourth-order valence-corrected chi connectivity index (χ4v) is 5.72. The van der Waals surface area contributed by atoms with Crippen molar-refractivity contribution >= 4 is 33.0 Å². The molecule has 1 aliphatic rings. The predicted octanol–water partition coefficient (Wildman–Crippen LogP) is 3.45. The van der Waals surface area contributed by atoms with E-state index >= 15 is 0 Å². The van der Waals surface area contributed by atoms with E-state index in [4.69, 9.17) is 4.52 Å². The fraction of sp³-hybridized carbons (Fsp3) is 0.316. The number of carbonyl (C=O) groups excluding carboxylic acids is 1. The van der Waals surface area contributed by atoms with Crippen molar-refractivity contribution in [3.63, 3.8) is 0 Å². The van der Waals surface area contributed by atoms with Gasteiger partial charge in [-0.25, -0.2) is 8.42 Å². The molecule has 1 amide bonds. The molecule has 0 spiro atoms. The van der Waals surface area contributed by atoms with Gasteiger partial charge in [0.15, 0.2) is 0 Å². The van der Waals surface area contributed by atoms with Crippen molar-refractivity contribution in [3.8, 4) is 10.7 Å². The summed E-state index contributed by atoms with van der Waals surface area (Å²) in [7, 11) is -3.77. The normalized spacial score (nSPS) is 14.3. The Kier molecular flexibility index (Phi) is 5.13. The van der Waals surface area contributed by atoms with E-state index < -0.39 is 10.0 Å². The van der Waals surface area contributed by atoms with E-state index in [0.29, 0.717) is 28.5 Å². The average Bonchev–Trinajstić information content (AvgIpc) is 3.43. The molecule has 29 heavy (non-hydrogen) atoms. The van der Waals surface area contributed by atoms with Crippen LogP contribution in [-0.2, 0) is 10.0 Å². The lowest BCUT2D eigenvalue weighted by atomic mass is 10.2. The summed E-state index contributed by atoms with van der Waals surface area (Å²) in [4.78, 5) is 19.5. The zero-order valence-electron chi connectivity index (χ0n) is 16.0. The zero-order valence-corrected chi connectivity index (χ0v) is 17.6. The molecule has 4 rings (SSSR count). The Morgan fingerprint density at radius 3 is 2.55 bits per heavy atom. The van der Waals surface area contributed by atoms with Crippen molar-refractivity contribution in [1.29, 1.82) is 0 Å². The number of rotatable bonds is 5. The molecule has 1 fully saturated rings. The summed E-state index contributed by atoms with van der Waals surface area (Å²) < 4.78 is 33.3. The topological polar surface area (TPSA) is 105 Å². The van der Waals surface area contributed by atoms with E-state index in [0.717, 1.165) is 18.4 Å². The standard InChI is InChI=1S/C19H20N4O4S2/c1-12-5-7-14(8-6-12)22-29(25,26)16-11-15(28-13(16)2)17-20-18(27-21-17)19(24)23-9-3-4-10-23/h5-8,11,22H,3-4,9-10H2,1-2H3. The summed E-state index contributed by atoms with van der Waals surface area (Å²) in [6.07, 6.45) is 1.93. The van der Waals surface area contributed by atoms with Crippen molar-refractivity contribution in [1.82, 2.24) is 15.0 Å². The summed E-state index contributed by atoms with van der Waals surface area (Å²) in [5.74, 6) is -0.156. The molecular weight excluding hydrogens is 412 g/mol. The lowest BCUT2D eigenvalue weighted by molar-refractivity contribution is 0.0743. The first-order valence-corrected chi connectivity index (χ1v) is 11.5. The highest BCUT2D eigenvalue weighted by Gasteiger charge is 2.27. The molecule has 152 valence electrons. The van der Waals surface area contributed by atoms with Gasteiger partial charge in [-0.2, -0.15) is 4.98 Å². The minimum atomic E-state index is -3.77. The van der Waals surface area contributed by atoms with Gasteiger partial charge < -0.3 is 9.42 Å². The van der Waals surface area contributed by atoms with E-state index in [9.17, 15) is 13.2 Å². The van der Waals surface area contributed by atoms with Crippen LogP contribution < -0.4 is 4.72 Å².